The lowest BCUT2D eigenvalue weighted by Gasteiger charge is -2.11. The average Bonchev–Trinajstić information content (AvgIpc) is 2.59. The predicted molar refractivity (Wildman–Crippen MR) is 91.2 cm³/mol. The predicted octanol–water partition coefficient (Wildman–Crippen LogP) is 2.09. The monoisotopic (exact) mass is 351 g/mol. The van der Waals surface area contributed by atoms with Gasteiger partial charge in [0, 0.05) is 6.20 Å². The Hall–Kier alpha value is -3.10. The molecular formula is C16H21N3O6. The van der Waals surface area contributed by atoms with E-state index in [1.165, 1.54) is 6.20 Å². The van der Waals surface area contributed by atoms with Crippen LogP contribution in [0, 0.1) is 6.92 Å². The normalized spacial score (nSPS) is 9.80. The van der Waals surface area contributed by atoms with E-state index >= 15 is 0 Å². The number of carbonyl (C=O) groups is 2. The Labute approximate surface area is 144 Å². The van der Waals surface area contributed by atoms with E-state index < -0.39 is 29.1 Å². The van der Waals surface area contributed by atoms with E-state index in [9.17, 15) is 19.5 Å². The van der Waals surface area contributed by atoms with Crippen molar-refractivity contribution in [3.8, 4) is 5.75 Å². The first kappa shape index (κ1) is 19.9. The molecule has 0 aliphatic rings. The molecule has 0 aliphatic carbocycles. The van der Waals surface area contributed by atoms with Crippen LogP contribution in [0.25, 0.3) is 5.65 Å². The van der Waals surface area contributed by atoms with Crippen molar-refractivity contribution in [3.05, 3.63) is 33.9 Å². The van der Waals surface area contributed by atoms with Crippen LogP contribution in [0.2, 0.25) is 0 Å². The Morgan fingerprint density at radius 1 is 1.36 bits per heavy atom. The number of aryl methyl sites for hydroxylation is 1. The molecule has 2 N–H and O–H groups in total. The van der Waals surface area contributed by atoms with Gasteiger partial charge in [-0.15, -0.1) is 0 Å². The summed E-state index contributed by atoms with van der Waals surface area (Å²) in [5, 5.41) is 12.3. The van der Waals surface area contributed by atoms with Gasteiger partial charge in [0.05, 0.1) is 19.4 Å². The van der Waals surface area contributed by atoms with Gasteiger partial charge in [-0.2, -0.15) is 0 Å². The molecule has 136 valence electrons. The Bertz CT molecular complexity index is 844. The number of aromatic nitrogens is 2. The number of amides is 1. The van der Waals surface area contributed by atoms with Crippen molar-refractivity contribution in [1.82, 2.24) is 9.38 Å². The summed E-state index contributed by atoms with van der Waals surface area (Å²) in [6, 6.07) is 1.55. The van der Waals surface area contributed by atoms with E-state index in [0.717, 1.165) is 11.5 Å². The summed E-state index contributed by atoms with van der Waals surface area (Å²) < 4.78 is 10.3. The quantitative estimate of drug-likeness (QED) is 0.813. The van der Waals surface area contributed by atoms with Gasteiger partial charge in [0.2, 0.25) is 5.75 Å². The number of esters is 1. The first-order valence-corrected chi connectivity index (χ1v) is 7.67. The standard InChI is InChI=1S/C14H15N3O6.C2H6/c1-4-23-14(21)15-8-5-7(2)6-17-11(8)16-9(13(20)22-3)10(18)12(17)19;1-2/h5-6,18H,4H2,1-3H3,(H,15,21);1-2H3. The fourth-order valence-electron chi connectivity index (χ4n) is 1.98. The fourth-order valence-corrected chi connectivity index (χ4v) is 1.98. The van der Waals surface area contributed by atoms with Crippen LogP contribution in [-0.2, 0) is 9.47 Å². The van der Waals surface area contributed by atoms with Crippen LogP contribution in [0.1, 0.15) is 36.8 Å². The molecule has 0 unspecified atom stereocenters. The van der Waals surface area contributed by atoms with Crippen molar-refractivity contribution >= 4 is 23.4 Å². The van der Waals surface area contributed by atoms with E-state index in [1.54, 1.807) is 19.9 Å². The zero-order valence-electron chi connectivity index (χ0n) is 14.7. The van der Waals surface area contributed by atoms with E-state index in [-0.39, 0.29) is 17.9 Å². The van der Waals surface area contributed by atoms with Gasteiger partial charge >= 0.3 is 17.6 Å². The first-order valence-electron chi connectivity index (χ1n) is 7.67. The summed E-state index contributed by atoms with van der Waals surface area (Å²) >= 11 is 0. The van der Waals surface area contributed by atoms with Crippen molar-refractivity contribution in [2.45, 2.75) is 27.7 Å². The van der Waals surface area contributed by atoms with Crippen LogP contribution in [0.3, 0.4) is 0 Å². The van der Waals surface area contributed by atoms with Gasteiger partial charge in [0.1, 0.15) is 0 Å². The zero-order chi connectivity index (χ0) is 19.1. The second-order valence-electron chi connectivity index (χ2n) is 4.58. The molecule has 0 bridgehead atoms. The number of nitrogens with one attached hydrogen (secondary N) is 1. The lowest BCUT2D eigenvalue weighted by molar-refractivity contribution is 0.0590. The molecule has 0 aliphatic heterocycles. The van der Waals surface area contributed by atoms with E-state index in [0.29, 0.717) is 5.56 Å². The van der Waals surface area contributed by atoms with Gasteiger partial charge in [0.15, 0.2) is 11.3 Å². The highest BCUT2D eigenvalue weighted by molar-refractivity contribution is 5.93. The lowest BCUT2D eigenvalue weighted by Crippen LogP contribution is -2.22. The topological polar surface area (TPSA) is 119 Å². The van der Waals surface area contributed by atoms with Crippen LogP contribution in [0.4, 0.5) is 10.5 Å². The molecule has 25 heavy (non-hydrogen) atoms. The van der Waals surface area contributed by atoms with Crippen molar-refractivity contribution in [3.63, 3.8) is 0 Å². The van der Waals surface area contributed by atoms with E-state index in [2.05, 4.69) is 15.0 Å². The zero-order valence-corrected chi connectivity index (χ0v) is 14.7. The molecular weight excluding hydrogens is 330 g/mol. The Morgan fingerprint density at radius 2 is 2.00 bits per heavy atom. The number of carbonyl (C=O) groups excluding carboxylic acids is 2. The summed E-state index contributed by atoms with van der Waals surface area (Å²) in [6.07, 6.45) is 0.684. The molecule has 0 spiro atoms. The van der Waals surface area contributed by atoms with E-state index in [1.807, 2.05) is 13.8 Å². The molecule has 0 radical (unpaired) electrons. The number of methoxy groups -OCH3 is 1. The number of fused-ring (bicyclic) bond motifs is 1. The van der Waals surface area contributed by atoms with Gasteiger partial charge in [-0.05, 0) is 25.5 Å². The number of nitrogens with zero attached hydrogens (tertiary/aromatic N) is 2. The third kappa shape index (κ3) is 4.25. The molecule has 2 aromatic rings. The number of hydrogen-bond acceptors (Lipinski definition) is 7. The maximum Gasteiger partial charge on any atom is 0.411 e. The summed E-state index contributed by atoms with van der Waals surface area (Å²) in [5.41, 5.74) is -0.629. The second kappa shape index (κ2) is 8.67. The summed E-state index contributed by atoms with van der Waals surface area (Å²) in [5.74, 6) is -1.80. The molecule has 2 heterocycles. The average molecular weight is 351 g/mol. The first-order chi connectivity index (χ1) is 11.9. The van der Waals surface area contributed by atoms with Crippen LogP contribution >= 0.6 is 0 Å². The van der Waals surface area contributed by atoms with Gasteiger partial charge in [0.25, 0.3) is 0 Å². The number of anilines is 1. The van der Waals surface area contributed by atoms with Crippen LogP contribution < -0.4 is 10.9 Å². The minimum atomic E-state index is -0.968. The van der Waals surface area contributed by atoms with Gasteiger partial charge < -0.3 is 14.6 Å². The Morgan fingerprint density at radius 3 is 2.56 bits per heavy atom. The molecule has 0 atom stereocenters. The second-order valence-corrected chi connectivity index (χ2v) is 4.58. The maximum absolute atomic E-state index is 12.2. The van der Waals surface area contributed by atoms with Gasteiger partial charge in [-0.25, -0.2) is 14.6 Å². The van der Waals surface area contributed by atoms with Gasteiger partial charge in [-0.1, -0.05) is 13.8 Å². The van der Waals surface area contributed by atoms with Crippen molar-refractivity contribution in [2.24, 2.45) is 0 Å². The molecule has 2 aromatic heterocycles. The number of pyridine rings is 1. The highest BCUT2D eigenvalue weighted by Gasteiger charge is 2.21. The van der Waals surface area contributed by atoms with Crippen LogP contribution in [-0.4, -0.2) is 40.3 Å². The highest BCUT2D eigenvalue weighted by Crippen LogP contribution is 2.20. The molecule has 0 fully saturated rings. The van der Waals surface area contributed by atoms with Gasteiger partial charge in [-0.3, -0.25) is 14.5 Å². The molecule has 0 aromatic carbocycles. The molecule has 2 rings (SSSR count). The van der Waals surface area contributed by atoms with Crippen molar-refractivity contribution in [2.75, 3.05) is 19.0 Å². The number of rotatable bonds is 3. The maximum atomic E-state index is 12.2. The van der Waals surface area contributed by atoms with Crippen LogP contribution in [0.15, 0.2) is 17.1 Å². The number of ether oxygens (including phenoxy) is 2. The summed E-state index contributed by atoms with van der Waals surface area (Å²) in [4.78, 5) is 39.4. The Balaban J connectivity index is 0.00000151. The third-order valence-electron chi connectivity index (χ3n) is 2.93. The highest BCUT2D eigenvalue weighted by atomic mass is 16.5. The summed E-state index contributed by atoms with van der Waals surface area (Å²) in [7, 11) is 1.10. The third-order valence-corrected chi connectivity index (χ3v) is 2.93. The smallest absolute Gasteiger partial charge is 0.411 e. The fraction of sp³-hybridized carbons (Fsp3) is 0.375. The minimum Gasteiger partial charge on any atom is -0.501 e. The minimum absolute atomic E-state index is 0.0214. The molecule has 9 nitrogen and oxygen atoms in total. The van der Waals surface area contributed by atoms with Crippen molar-refractivity contribution < 1.29 is 24.2 Å². The largest absolute Gasteiger partial charge is 0.501 e. The summed E-state index contributed by atoms with van der Waals surface area (Å²) in [6.45, 7) is 7.49. The number of hydrogen-bond donors (Lipinski definition) is 2. The van der Waals surface area contributed by atoms with Crippen LogP contribution in [0.5, 0.6) is 5.75 Å². The number of aromatic hydroxyl groups is 1. The lowest BCUT2D eigenvalue weighted by atomic mass is 10.2. The van der Waals surface area contributed by atoms with E-state index in [4.69, 9.17) is 4.74 Å². The Kier molecular flexibility index (Phi) is 6.92. The molecule has 9 heteroatoms. The molecule has 0 saturated heterocycles. The molecule has 1 amide bonds. The molecule has 0 saturated carbocycles. The SMILES string of the molecule is CC.CCOC(=O)Nc1cc(C)cn2c(=O)c(O)c(C(=O)OC)nc12. The van der Waals surface area contributed by atoms with Crippen molar-refractivity contribution in [1.29, 1.82) is 0 Å².